The quantitative estimate of drug-likeness (QED) is 0.893. The molecule has 0 aromatic heterocycles. The minimum absolute atomic E-state index is 0.574. The van der Waals surface area contributed by atoms with Crippen molar-refractivity contribution in [1.29, 1.82) is 0 Å². The first-order valence-corrected chi connectivity index (χ1v) is 6.69. The van der Waals surface area contributed by atoms with Gasteiger partial charge in [0.05, 0.1) is 14.2 Å². The minimum Gasteiger partial charge on any atom is -0.496 e. The van der Waals surface area contributed by atoms with E-state index in [1.54, 1.807) is 14.2 Å². The van der Waals surface area contributed by atoms with Gasteiger partial charge in [-0.05, 0) is 62.9 Å². The molecule has 1 heterocycles. The van der Waals surface area contributed by atoms with Gasteiger partial charge in [-0.2, -0.15) is 0 Å². The molecule has 0 amide bonds. The van der Waals surface area contributed by atoms with E-state index in [0.29, 0.717) is 5.92 Å². The van der Waals surface area contributed by atoms with Crippen molar-refractivity contribution in [2.24, 2.45) is 0 Å². The SMILES string of the molecule is COc1cc(C2CCCNCC2)c(OC)cc1C. The van der Waals surface area contributed by atoms with Crippen LogP contribution in [-0.2, 0) is 0 Å². The summed E-state index contributed by atoms with van der Waals surface area (Å²) in [4.78, 5) is 0. The molecule has 100 valence electrons. The highest BCUT2D eigenvalue weighted by atomic mass is 16.5. The number of benzene rings is 1. The van der Waals surface area contributed by atoms with Gasteiger partial charge >= 0.3 is 0 Å². The molecule has 0 bridgehead atoms. The van der Waals surface area contributed by atoms with E-state index in [2.05, 4.69) is 24.4 Å². The zero-order valence-electron chi connectivity index (χ0n) is 11.6. The molecule has 1 atom stereocenters. The summed E-state index contributed by atoms with van der Waals surface area (Å²) in [7, 11) is 3.48. The lowest BCUT2D eigenvalue weighted by molar-refractivity contribution is 0.390. The first kappa shape index (κ1) is 13.2. The van der Waals surface area contributed by atoms with E-state index in [0.717, 1.165) is 30.2 Å². The van der Waals surface area contributed by atoms with Crippen molar-refractivity contribution in [3.8, 4) is 11.5 Å². The zero-order valence-corrected chi connectivity index (χ0v) is 11.6. The average Bonchev–Trinajstić information content (AvgIpc) is 2.67. The van der Waals surface area contributed by atoms with Crippen molar-refractivity contribution in [3.63, 3.8) is 0 Å². The van der Waals surface area contributed by atoms with E-state index in [1.165, 1.54) is 24.8 Å². The Morgan fingerprint density at radius 1 is 1.06 bits per heavy atom. The third kappa shape index (κ3) is 2.78. The highest BCUT2D eigenvalue weighted by Gasteiger charge is 2.19. The molecule has 1 aromatic carbocycles. The summed E-state index contributed by atoms with van der Waals surface area (Å²) < 4.78 is 11.0. The number of rotatable bonds is 3. The standard InChI is InChI=1S/C15H23NO2/c1-11-9-15(18-3)13(10-14(11)17-2)12-5-4-7-16-8-6-12/h9-10,12,16H,4-8H2,1-3H3. The van der Waals surface area contributed by atoms with Gasteiger partial charge in [0.15, 0.2) is 0 Å². The smallest absolute Gasteiger partial charge is 0.122 e. The fourth-order valence-electron chi connectivity index (χ4n) is 2.72. The Morgan fingerprint density at radius 3 is 2.56 bits per heavy atom. The molecule has 1 aliphatic heterocycles. The first-order valence-electron chi connectivity index (χ1n) is 6.69. The van der Waals surface area contributed by atoms with Gasteiger partial charge in [-0.3, -0.25) is 0 Å². The van der Waals surface area contributed by atoms with Gasteiger partial charge in [-0.25, -0.2) is 0 Å². The highest BCUT2D eigenvalue weighted by Crippen LogP contribution is 2.37. The summed E-state index contributed by atoms with van der Waals surface area (Å²) in [6.45, 7) is 4.27. The van der Waals surface area contributed by atoms with Crippen molar-refractivity contribution in [2.75, 3.05) is 27.3 Å². The zero-order chi connectivity index (χ0) is 13.0. The van der Waals surface area contributed by atoms with Crippen LogP contribution in [0.3, 0.4) is 0 Å². The van der Waals surface area contributed by atoms with E-state index in [-0.39, 0.29) is 0 Å². The maximum atomic E-state index is 5.54. The summed E-state index contributed by atoms with van der Waals surface area (Å²) in [5, 5.41) is 3.45. The Hall–Kier alpha value is -1.22. The monoisotopic (exact) mass is 249 g/mol. The molecule has 1 aliphatic rings. The Bertz CT molecular complexity index is 396. The van der Waals surface area contributed by atoms with Crippen LogP contribution in [0.25, 0.3) is 0 Å². The number of hydrogen-bond donors (Lipinski definition) is 1. The van der Waals surface area contributed by atoms with Gasteiger partial charge in [-0.1, -0.05) is 0 Å². The van der Waals surface area contributed by atoms with Crippen LogP contribution in [0.1, 0.15) is 36.3 Å². The van der Waals surface area contributed by atoms with Crippen molar-refractivity contribution in [3.05, 3.63) is 23.3 Å². The Labute approximate surface area is 109 Å². The topological polar surface area (TPSA) is 30.5 Å². The second-order valence-electron chi connectivity index (χ2n) is 4.94. The fraction of sp³-hybridized carbons (Fsp3) is 0.600. The van der Waals surface area contributed by atoms with Crippen LogP contribution < -0.4 is 14.8 Å². The van der Waals surface area contributed by atoms with Gasteiger partial charge in [0.25, 0.3) is 0 Å². The molecule has 0 aliphatic carbocycles. The highest BCUT2D eigenvalue weighted by molar-refractivity contribution is 5.47. The Kier molecular flexibility index (Phi) is 4.48. The normalized spacial score (nSPS) is 20.3. The molecule has 2 rings (SSSR count). The van der Waals surface area contributed by atoms with Crippen molar-refractivity contribution >= 4 is 0 Å². The molecule has 1 aromatic rings. The number of methoxy groups -OCH3 is 2. The minimum atomic E-state index is 0.574. The predicted octanol–water partition coefficient (Wildman–Crippen LogP) is 2.87. The van der Waals surface area contributed by atoms with Crippen LogP contribution in [-0.4, -0.2) is 27.3 Å². The second kappa shape index (κ2) is 6.10. The van der Waals surface area contributed by atoms with Gasteiger partial charge in [0.2, 0.25) is 0 Å². The fourth-order valence-corrected chi connectivity index (χ4v) is 2.72. The van der Waals surface area contributed by atoms with Crippen molar-refractivity contribution < 1.29 is 9.47 Å². The molecular weight excluding hydrogens is 226 g/mol. The first-order chi connectivity index (χ1) is 8.76. The van der Waals surface area contributed by atoms with E-state index in [9.17, 15) is 0 Å². The number of nitrogens with one attached hydrogen (secondary N) is 1. The van der Waals surface area contributed by atoms with E-state index in [1.807, 2.05) is 0 Å². The molecule has 1 unspecified atom stereocenters. The van der Waals surface area contributed by atoms with E-state index in [4.69, 9.17) is 9.47 Å². The lowest BCUT2D eigenvalue weighted by Gasteiger charge is -2.19. The van der Waals surface area contributed by atoms with Crippen LogP contribution in [0.4, 0.5) is 0 Å². The van der Waals surface area contributed by atoms with Crippen LogP contribution >= 0.6 is 0 Å². The molecule has 18 heavy (non-hydrogen) atoms. The Morgan fingerprint density at radius 2 is 1.83 bits per heavy atom. The summed E-state index contributed by atoms with van der Waals surface area (Å²) >= 11 is 0. The lowest BCUT2D eigenvalue weighted by atomic mass is 9.90. The van der Waals surface area contributed by atoms with Gasteiger partial charge in [0, 0.05) is 5.56 Å². The van der Waals surface area contributed by atoms with Crippen LogP contribution in [0.2, 0.25) is 0 Å². The lowest BCUT2D eigenvalue weighted by Crippen LogP contribution is -2.14. The van der Waals surface area contributed by atoms with Gasteiger partial charge in [0.1, 0.15) is 11.5 Å². The van der Waals surface area contributed by atoms with E-state index < -0.39 is 0 Å². The van der Waals surface area contributed by atoms with Crippen molar-refractivity contribution in [1.82, 2.24) is 5.32 Å². The molecule has 0 spiro atoms. The molecule has 1 N–H and O–H groups in total. The summed E-state index contributed by atoms with van der Waals surface area (Å²) in [5.41, 5.74) is 2.42. The maximum absolute atomic E-state index is 5.54. The molecule has 0 radical (unpaired) electrons. The molecular formula is C15H23NO2. The van der Waals surface area contributed by atoms with Crippen LogP contribution in [0.15, 0.2) is 12.1 Å². The molecule has 1 fully saturated rings. The van der Waals surface area contributed by atoms with E-state index >= 15 is 0 Å². The Balaban J connectivity index is 2.34. The summed E-state index contributed by atoms with van der Waals surface area (Å²) in [6, 6.07) is 4.25. The third-order valence-corrected chi connectivity index (χ3v) is 3.76. The predicted molar refractivity (Wildman–Crippen MR) is 73.7 cm³/mol. The molecule has 1 saturated heterocycles. The maximum Gasteiger partial charge on any atom is 0.122 e. The van der Waals surface area contributed by atoms with Crippen LogP contribution in [0, 0.1) is 6.92 Å². The van der Waals surface area contributed by atoms with Gasteiger partial charge < -0.3 is 14.8 Å². The number of ether oxygens (including phenoxy) is 2. The summed E-state index contributed by atoms with van der Waals surface area (Å²) in [5.74, 6) is 2.53. The van der Waals surface area contributed by atoms with Gasteiger partial charge in [-0.15, -0.1) is 0 Å². The molecule has 0 saturated carbocycles. The number of aryl methyl sites for hydroxylation is 1. The second-order valence-corrected chi connectivity index (χ2v) is 4.94. The molecule has 3 nitrogen and oxygen atoms in total. The number of hydrogen-bond acceptors (Lipinski definition) is 3. The average molecular weight is 249 g/mol. The third-order valence-electron chi connectivity index (χ3n) is 3.76. The molecule has 3 heteroatoms. The summed E-state index contributed by atoms with van der Waals surface area (Å²) in [6.07, 6.45) is 3.61. The largest absolute Gasteiger partial charge is 0.496 e. The van der Waals surface area contributed by atoms with Crippen LogP contribution in [0.5, 0.6) is 11.5 Å². The van der Waals surface area contributed by atoms with Crippen molar-refractivity contribution in [2.45, 2.75) is 32.1 Å².